The Morgan fingerprint density at radius 3 is 1.78 bits per heavy atom. The van der Waals surface area contributed by atoms with Crippen LogP contribution in [0.2, 0.25) is 0 Å². The van der Waals surface area contributed by atoms with E-state index in [1.165, 1.54) is 0 Å². The van der Waals surface area contributed by atoms with Gasteiger partial charge in [0, 0.05) is 0 Å². The van der Waals surface area contributed by atoms with Crippen molar-refractivity contribution in [3.05, 3.63) is 0 Å². The lowest BCUT2D eigenvalue weighted by Gasteiger charge is -2.34. The topological polar surface area (TPSA) is 63.6 Å². The van der Waals surface area contributed by atoms with Crippen LogP contribution in [0.1, 0.15) is 61.3 Å². The summed E-state index contributed by atoms with van der Waals surface area (Å²) in [6.07, 6.45) is 0.745. The number of aliphatic carboxylic acids is 1. The lowest BCUT2D eigenvalue weighted by molar-refractivity contribution is -0.169. The summed E-state index contributed by atoms with van der Waals surface area (Å²) < 4.78 is 5.34. The normalized spacial score (nSPS) is 15.9. The number of hydrogen-bond donors (Lipinski definition) is 1. The van der Waals surface area contributed by atoms with Gasteiger partial charge in [-0.05, 0) is 54.4 Å². The summed E-state index contributed by atoms with van der Waals surface area (Å²) in [5.41, 5.74) is -2.27. The minimum atomic E-state index is -0.902. The van der Waals surface area contributed by atoms with Crippen LogP contribution in [0.15, 0.2) is 0 Å². The number of carbonyl (C=O) groups is 2. The molecule has 4 nitrogen and oxygen atoms in total. The number of carboxylic acid groups (broad SMARTS) is 1. The second-order valence-electron chi connectivity index (χ2n) is 6.78. The molecule has 0 aliphatic heterocycles. The Morgan fingerprint density at radius 1 is 1.06 bits per heavy atom. The summed E-state index contributed by atoms with van der Waals surface area (Å²) in [7, 11) is 0. The van der Waals surface area contributed by atoms with Crippen LogP contribution in [-0.2, 0) is 14.3 Å². The van der Waals surface area contributed by atoms with E-state index in [2.05, 4.69) is 0 Å². The molecule has 0 heterocycles. The fourth-order valence-corrected chi connectivity index (χ4v) is 1.82. The molecule has 106 valence electrons. The summed E-state index contributed by atoms with van der Waals surface area (Å²) in [5, 5.41) is 9.26. The number of ether oxygens (including phenoxy) is 1. The van der Waals surface area contributed by atoms with Crippen molar-refractivity contribution in [2.24, 2.45) is 10.8 Å². The van der Waals surface area contributed by atoms with E-state index in [4.69, 9.17) is 4.74 Å². The molecule has 1 unspecified atom stereocenters. The van der Waals surface area contributed by atoms with E-state index in [9.17, 15) is 14.7 Å². The van der Waals surface area contributed by atoms with Crippen LogP contribution in [-0.4, -0.2) is 22.6 Å². The molecule has 0 saturated heterocycles. The summed E-state index contributed by atoms with van der Waals surface area (Å²) in [6.45, 7) is 12.4. The Balaban J connectivity index is 4.95. The zero-order chi connectivity index (χ0) is 14.8. The minimum absolute atomic E-state index is 0.265. The van der Waals surface area contributed by atoms with Gasteiger partial charge in [0.25, 0.3) is 0 Å². The highest BCUT2D eigenvalue weighted by Crippen LogP contribution is 2.38. The highest BCUT2D eigenvalue weighted by Gasteiger charge is 2.42. The summed E-state index contributed by atoms with van der Waals surface area (Å²) >= 11 is 0. The standard InChI is InChI=1S/C14H26O4/c1-8-14(7,10(15)16)9-13(5,6)11(17)18-12(2,3)4/h8-9H2,1-7H3,(H,15,16). The maximum atomic E-state index is 12.1. The van der Waals surface area contributed by atoms with Crippen molar-refractivity contribution in [1.29, 1.82) is 0 Å². The van der Waals surface area contributed by atoms with Crippen molar-refractivity contribution < 1.29 is 19.4 Å². The van der Waals surface area contributed by atoms with Crippen molar-refractivity contribution in [3.8, 4) is 0 Å². The molecule has 0 bridgehead atoms. The molecule has 0 aliphatic carbocycles. The van der Waals surface area contributed by atoms with Crippen LogP contribution >= 0.6 is 0 Å². The minimum Gasteiger partial charge on any atom is -0.481 e. The van der Waals surface area contributed by atoms with Crippen molar-refractivity contribution in [2.45, 2.75) is 66.9 Å². The van der Waals surface area contributed by atoms with Crippen LogP contribution in [0.4, 0.5) is 0 Å². The molecule has 0 aromatic rings. The SMILES string of the molecule is CCC(C)(CC(C)(C)C(=O)OC(C)(C)C)C(=O)O. The fourth-order valence-electron chi connectivity index (χ4n) is 1.82. The molecule has 0 fully saturated rings. The predicted octanol–water partition coefficient (Wildman–Crippen LogP) is 3.25. The monoisotopic (exact) mass is 258 g/mol. The largest absolute Gasteiger partial charge is 0.481 e. The molecule has 0 saturated carbocycles. The van der Waals surface area contributed by atoms with E-state index in [0.717, 1.165) is 0 Å². The van der Waals surface area contributed by atoms with Gasteiger partial charge in [-0.3, -0.25) is 9.59 Å². The first-order valence-electron chi connectivity index (χ1n) is 6.31. The number of esters is 1. The molecule has 0 spiro atoms. The van der Waals surface area contributed by atoms with Crippen LogP contribution in [0, 0.1) is 10.8 Å². The van der Waals surface area contributed by atoms with E-state index in [1.54, 1.807) is 41.5 Å². The number of rotatable bonds is 5. The van der Waals surface area contributed by atoms with Gasteiger partial charge in [-0.2, -0.15) is 0 Å². The average Bonchev–Trinajstić information content (AvgIpc) is 2.13. The molecule has 1 atom stereocenters. The number of carboxylic acids is 1. The van der Waals surface area contributed by atoms with Crippen LogP contribution in [0.3, 0.4) is 0 Å². The van der Waals surface area contributed by atoms with E-state index in [1.807, 2.05) is 6.92 Å². The molecule has 0 rings (SSSR count). The quantitative estimate of drug-likeness (QED) is 0.769. The Bertz CT molecular complexity index is 325. The van der Waals surface area contributed by atoms with Gasteiger partial charge in [-0.25, -0.2) is 0 Å². The van der Waals surface area contributed by atoms with Gasteiger partial charge in [-0.1, -0.05) is 6.92 Å². The Morgan fingerprint density at radius 2 is 1.50 bits per heavy atom. The Labute approximate surface area is 110 Å². The highest BCUT2D eigenvalue weighted by molar-refractivity contribution is 5.79. The maximum absolute atomic E-state index is 12.1. The zero-order valence-electron chi connectivity index (χ0n) is 12.6. The summed E-state index contributed by atoms with van der Waals surface area (Å²) in [5.74, 6) is -1.22. The average molecular weight is 258 g/mol. The zero-order valence-corrected chi connectivity index (χ0v) is 12.6. The number of hydrogen-bond acceptors (Lipinski definition) is 3. The first-order valence-corrected chi connectivity index (χ1v) is 6.31. The highest BCUT2D eigenvalue weighted by atomic mass is 16.6. The second-order valence-corrected chi connectivity index (χ2v) is 6.78. The maximum Gasteiger partial charge on any atom is 0.312 e. The lowest BCUT2D eigenvalue weighted by Crippen LogP contribution is -2.40. The van der Waals surface area contributed by atoms with Crippen molar-refractivity contribution >= 4 is 11.9 Å². The molecular weight excluding hydrogens is 232 g/mol. The molecule has 0 amide bonds. The third-order valence-corrected chi connectivity index (χ3v) is 3.08. The fraction of sp³-hybridized carbons (Fsp3) is 0.857. The van der Waals surface area contributed by atoms with E-state index >= 15 is 0 Å². The molecule has 0 aromatic carbocycles. The molecule has 18 heavy (non-hydrogen) atoms. The van der Waals surface area contributed by atoms with Gasteiger partial charge in [0.15, 0.2) is 0 Å². The summed E-state index contributed by atoms with van der Waals surface area (Å²) in [4.78, 5) is 23.4. The smallest absolute Gasteiger partial charge is 0.312 e. The molecule has 4 heteroatoms. The first-order chi connectivity index (χ1) is 7.84. The number of carbonyl (C=O) groups excluding carboxylic acids is 1. The van der Waals surface area contributed by atoms with Gasteiger partial charge in [-0.15, -0.1) is 0 Å². The predicted molar refractivity (Wildman–Crippen MR) is 70.3 cm³/mol. The van der Waals surface area contributed by atoms with Crippen LogP contribution < -0.4 is 0 Å². The van der Waals surface area contributed by atoms with Gasteiger partial charge >= 0.3 is 11.9 Å². The third-order valence-electron chi connectivity index (χ3n) is 3.08. The summed E-state index contributed by atoms with van der Waals surface area (Å²) in [6, 6.07) is 0. The first kappa shape index (κ1) is 16.9. The van der Waals surface area contributed by atoms with Gasteiger partial charge in [0.05, 0.1) is 10.8 Å². The van der Waals surface area contributed by atoms with Gasteiger partial charge < -0.3 is 9.84 Å². The molecule has 0 radical (unpaired) electrons. The lowest BCUT2D eigenvalue weighted by atomic mass is 9.72. The van der Waals surface area contributed by atoms with Crippen molar-refractivity contribution in [3.63, 3.8) is 0 Å². The van der Waals surface area contributed by atoms with Crippen molar-refractivity contribution in [1.82, 2.24) is 0 Å². The second kappa shape index (κ2) is 5.29. The molecule has 1 N–H and O–H groups in total. The van der Waals surface area contributed by atoms with E-state index in [-0.39, 0.29) is 12.4 Å². The third kappa shape index (κ3) is 4.67. The van der Waals surface area contributed by atoms with E-state index in [0.29, 0.717) is 6.42 Å². The van der Waals surface area contributed by atoms with Gasteiger partial charge in [0.1, 0.15) is 5.60 Å². The Kier molecular flexibility index (Phi) is 4.98. The van der Waals surface area contributed by atoms with E-state index < -0.39 is 22.4 Å². The van der Waals surface area contributed by atoms with Gasteiger partial charge in [0.2, 0.25) is 0 Å². The molecular formula is C14H26O4. The Hall–Kier alpha value is -1.06. The van der Waals surface area contributed by atoms with Crippen LogP contribution in [0.25, 0.3) is 0 Å². The van der Waals surface area contributed by atoms with Crippen molar-refractivity contribution in [2.75, 3.05) is 0 Å². The molecule has 0 aromatic heterocycles. The molecule has 0 aliphatic rings. The van der Waals surface area contributed by atoms with Crippen LogP contribution in [0.5, 0.6) is 0 Å².